The van der Waals surface area contributed by atoms with Crippen molar-refractivity contribution < 1.29 is 13.5 Å². The Hall–Kier alpha value is -1.68. The number of ether oxygens (including phenoxy) is 1. The van der Waals surface area contributed by atoms with Crippen LogP contribution in [0, 0.1) is 11.6 Å². The Morgan fingerprint density at radius 3 is 2.42 bits per heavy atom. The van der Waals surface area contributed by atoms with Gasteiger partial charge in [0.05, 0.1) is 4.47 Å². The molecule has 19 heavy (non-hydrogen) atoms. The fourth-order valence-electron chi connectivity index (χ4n) is 1.55. The van der Waals surface area contributed by atoms with Crippen molar-refractivity contribution >= 4 is 22.0 Å². The summed E-state index contributed by atoms with van der Waals surface area (Å²) in [6.45, 7) is 3.75. The molecule has 0 aromatic heterocycles. The lowest BCUT2D eigenvalue weighted by Crippen LogP contribution is -2.00. The second-order valence-corrected chi connectivity index (χ2v) is 4.76. The number of hydrogen-bond acceptors (Lipinski definition) is 1. The van der Waals surface area contributed by atoms with E-state index in [0.717, 1.165) is 17.2 Å². The summed E-state index contributed by atoms with van der Waals surface area (Å²) in [4.78, 5) is 0. The molecule has 0 N–H and O–H groups in total. The molecule has 2 rings (SSSR count). The van der Waals surface area contributed by atoms with Gasteiger partial charge in [-0.15, -0.1) is 0 Å². The van der Waals surface area contributed by atoms with Gasteiger partial charge in [0.15, 0.2) is 17.4 Å². The first kappa shape index (κ1) is 13.7. The van der Waals surface area contributed by atoms with Crippen LogP contribution in [-0.4, -0.2) is 0 Å². The smallest absolute Gasteiger partial charge is 0.192 e. The van der Waals surface area contributed by atoms with Crippen LogP contribution in [0.3, 0.4) is 0 Å². The number of hydrogen-bond donors (Lipinski definition) is 0. The molecule has 0 spiro atoms. The van der Waals surface area contributed by atoms with E-state index in [-0.39, 0.29) is 16.8 Å². The molecule has 0 radical (unpaired) electrons. The topological polar surface area (TPSA) is 9.23 Å². The summed E-state index contributed by atoms with van der Waals surface area (Å²) in [5, 5.41) is 0. The van der Waals surface area contributed by atoms with Gasteiger partial charge in [0.2, 0.25) is 0 Å². The summed E-state index contributed by atoms with van der Waals surface area (Å²) in [7, 11) is 0. The van der Waals surface area contributed by atoms with Crippen LogP contribution >= 0.6 is 15.9 Å². The van der Waals surface area contributed by atoms with Gasteiger partial charge in [-0.25, -0.2) is 8.78 Å². The molecule has 0 aliphatic rings. The third-order valence-electron chi connectivity index (χ3n) is 2.60. The summed E-state index contributed by atoms with van der Waals surface area (Å²) in [5.41, 5.74) is 1.80. The summed E-state index contributed by atoms with van der Waals surface area (Å²) in [6.07, 6.45) is 1.72. The molecule has 0 amide bonds. The fraction of sp³-hybridized carbons (Fsp3) is 0.0667. The molecular formula is C15H11BrF2O. The minimum Gasteiger partial charge on any atom is -0.483 e. The average molecular weight is 325 g/mol. The maximum Gasteiger partial charge on any atom is 0.192 e. The van der Waals surface area contributed by atoms with Crippen molar-refractivity contribution in [3.63, 3.8) is 0 Å². The molecule has 2 aromatic rings. The predicted octanol–water partition coefficient (Wildman–Crippen LogP) is 4.95. The predicted molar refractivity (Wildman–Crippen MR) is 74.9 cm³/mol. The average Bonchev–Trinajstić information content (AvgIpc) is 2.44. The Morgan fingerprint density at radius 1 is 1.11 bits per heavy atom. The summed E-state index contributed by atoms with van der Waals surface area (Å²) < 4.78 is 32.5. The van der Waals surface area contributed by atoms with Crippen LogP contribution in [-0.2, 0) is 6.61 Å². The van der Waals surface area contributed by atoms with E-state index in [1.54, 1.807) is 6.08 Å². The van der Waals surface area contributed by atoms with Crippen molar-refractivity contribution in [1.29, 1.82) is 0 Å². The molecule has 0 saturated heterocycles. The molecular weight excluding hydrogens is 314 g/mol. The first-order valence-electron chi connectivity index (χ1n) is 5.59. The molecule has 0 atom stereocenters. The zero-order chi connectivity index (χ0) is 13.8. The minimum atomic E-state index is -0.734. The quantitative estimate of drug-likeness (QED) is 0.723. The Kier molecular flexibility index (Phi) is 4.32. The lowest BCUT2D eigenvalue weighted by molar-refractivity contribution is 0.273. The number of rotatable bonds is 4. The normalized spacial score (nSPS) is 10.3. The van der Waals surface area contributed by atoms with Gasteiger partial charge in [0.25, 0.3) is 0 Å². The van der Waals surface area contributed by atoms with Gasteiger partial charge < -0.3 is 4.74 Å². The summed E-state index contributed by atoms with van der Waals surface area (Å²) in [6, 6.07) is 9.83. The molecule has 0 unspecified atom stereocenters. The Labute approximate surface area is 118 Å². The molecule has 0 saturated carbocycles. The van der Waals surface area contributed by atoms with E-state index in [2.05, 4.69) is 22.5 Å². The molecule has 0 heterocycles. The number of halogens is 3. The second-order valence-electron chi connectivity index (χ2n) is 3.91. The fourth-order valence-corrected chi connectivity index (χ4v) is 1.86. The molecule has 1 nitrogen and oxygen atoms in total. The van der Waals surface area contributed by atoms with Gasteiger partial charge >= 0.3 is 0 Å². The highest BCUT2D eigenvalue weighted by atomic mass is 79.9. The van der Waals surface area contributed by atoms with E-state index < -0.39 is 11.6 Å². The van der Waals surface area contributed by atoms with Crippen molar-refractivity contribution in [1.82, 2.24) is 0 Å². The summed E-state index contributed by atoms with van der Waals surface area (Å²) in [5.74, 6) is -1.83. The Balaban J connectivity index is 2.14. The van der Waals surface area contributed by atoms with Crippen LogP contribution < -0.4 is 4.74 Å². The van der Waals surface area contributed by atoms with Crippen LogP contribution in [0.5, 0.6) is 5.75 Å². The standard InChI is InChI=1S/C15H11BrF2O/c1-2-10-3-5-11(6-4-10)9-19-15-13(17)8-7-12(16)14(15)18/h2-8H,1,9H2. The minimum absolute atomic E-state index is 0.0989. The first-order valence-corrected chi connectivity index (χ1v) is 6.39. The third-order valence-corrected chi connectivity index (χ3v) is 3.21. The molecule has 0 aliphatic carbocycles. The molecule has 0 aliphatic heterocycles. The van der Waals surface area contributed by atoms with E-state index in [1.807, 2.05) is 24.3 Å². The highest BCUT2D eigenvalue weighted by molar-refractivity contribution is 9.10. The molecule has 4 heteroatoms. The van der Waals surface area contributed by atoms with Crippen molar-refractivity contribution in [3.8, 4) is 5.75 Å². The lowest BCUT2D eigenvalue weighted by atomic mass is 10.1. The van der Waals surface area contributed by atoms with Gasteiger partial charge in [-0.3, -0.25) is 0 Å². The van der Waals surface area contributed by atoms with Crippen LogP contribution in [0.2, 0.25) is 0 Å². The van der Waals surface area contributed by atoms with Crippen LogP contribution in [0.25, 0.3) is 6.08 Å². The van der Waals surface area contributed by atoms with Crippen molar-refractivity contribution in [2.75, 3.05) is 0 Å². The zero-order valence-electron chi connectivity index (χ0n) is 10.00. The zero-order valence-corrected chi connectivity index (χ0v) is 11.6. The monoisotopic (exact) mass is 324 g/mol. The van der Waals surface area contributed by atoms with Crippen molar-refractivity contribution in [2.24, 2.45) is 0 Å². The Bertz CT molecular complexity index is 594. The van der Waals surface area contributed by atoms with Gasteiger partial charge in [0.1, 0.15) is 6.61 Å². The van der Waals surface area contributed by atoms with Crippen molar-refractivity contribution in [3.05, 3.63) is 70.2 Å². The summed E-state index contributed by atoms with van der Waals surface area (Å²) >= 11 is 2.99. The van der Waals surface area contributed by atoms with Gasteiger partial charge in [0, 0.05) is 0 Å². The first-order chi connectivity index (χ1) is 9.11. The lowest BCUT2D eigenvalue weighted by Gasteiger charge is -2.09. The molecule has 0 bridgehead atoms. The second kappa shape index (κ2) is 5.97. The molecule has 98 valence electrons. The van der Waals surface area contributed by atoms with Crippen molar-refractivity contribution in [2.45, 2.75) is 6.61 Å². The van der Waals surface area contributed by atoms with Crippen LogP contribution in [0.15, 0.2) is 47.4 Å². The maximum absolute atomic E-state index is 13.7. The molecule has 2 aromatic carbocycles. The number of benzene rings is 2. The Morgan fingerprint density at radius 2 is 1.79 bits per heavy atom. The highest BCUT2D eigenvalue weighted by Crippen LogP contribution is 2.28. The van der Waals surface area contributed by atoms with Crippen LogP contribution in [0.4, 0.5) is 8.78 Å². The van der Waals surface area contributed by atoms with E-state index in [4.69, 9.17) is 4.74 Å². The van der Waals surface area contributed by atoms with Gasteiger partial charge in [-0.1, -0.05) is 36.9 Å². The third kappa shape index (κ3) is 3.20. The van der Waals surface area contributed by atoms with E-state index in [1.165, 1.54) is 6.07 Å². The van der Waals surface area contributed by atoms with Gasteiger partial charge in [-0.2, -0.15) is 0 Å². The maximum atomic E-state index is 13.7. The highest BCUT2D eigenvalue weighted by Gasteiger charge is 2.13. The van der Waals surface area contributed by atoms with E-state index in [9.17, 15) is 8.78 Å². The van der Waals surface area contributed by atoms with Gasteiger partial charge in [-0.05, 0) is 39.2 Å². The van der Waals surface area contributed by atoms with Crippen LogP contribution in [0.1, 0.15) is 11.1 Å². The SMILES string of the molecule is C=Cc1ccc(COc2c(F)ccc(Br)c2F)cc1. The largest absolute Gasteiger partial charge is 0.483 e. The van der Waals surface area contributed by atoms with E-state index in [0.29, 0.717) is 0 Å². The van der Waals surface area contributed by atoms with E-state index >= 15 is 0 Å². The molecule has 0 fully saturated rings.